The first-order valence-electron chi connectivity index (χ1n) is 7.20. The second-order valence-electron chi connectivity index (χ2n) is 5.16. The van der Waals surface area contributed by atoms with Gasteiger partial charge in [0.15, 0.2) is 0 Å². The van der Waals surface area contributed by atoms with Crippen molar-refractivity contribution in [1.29, 1.82) is 0 Å². The SMILES string of the molecule is NCCCCc1c(-c2cccnc2)[nH]c2ccc(Br)cc12. The van der Waals surface area contributed by atoms with Gasteiger partial charge < -0.3 is 10.7 Å². The Labute approximate surface area is 132 Å². The predicted octanol–water partition coefficient (Wildman–Crippen LogP) is 4.27. The molecule has 0 unspecified atom stereocenters. The van der Waals surface area contributed by atoms with E-state index in [4.69, 9.17) is 5.73 Å². The van der Waals surface area contributed by atoms with Crippen LogP contribution in [0.3, 0.4) is 0 Å². The molecule has 0 aliphatic rings. The Kier molecular flexibility index (Phi) is 4.36. The molecular weight excluding hydrogens is 326 g/mol. The average Bonchev–Trinajstić information content (AvgIpc) is 2.87. The lowest BCUT2D eigenvalue weighted by Gasteiger charge is -2.05. The van der Waals surface area contributed by atoms with Crippen LogP contribution in [0.15, 0.2) is 47.2 Å². The molecule has 0 amide bonds. The summed E-state index contributed by atoms with van der Waals surface area (Å²) in [4.78, 5) is 7.78. The van der Waals surface area contributed by atoms with Gasteiger partial charge >= 0.3 is 0 Å². The molecular formula is C17H18BrN3. The van der Waals surface area contributed by atoms with Crippen LogP contribution in [0.25, 0.3) is 22.2 Å². The highest BCUT2D eigenvalue weighted by atomic mass is 79.9. The molecule has 0 spiro atoms. The van der Waals surface area contributed by atoms with Crippen LogP contribution in [0.5, 0.6) is 0 Å². The minimum atomic E-state index is 0.744. The number of pyridine rings is 1. The third-order valence-electron chi connectivity index (χ3n) is 3.70. The number of rotatable bonds is 5. The first kappa shape index (κ1) is 14.3. The Morgan fingerprint density at radius 3 is 2.86 bits per heavy atom. The first-order valence-corrected chi connectivity index (χ1v) is 7.99. The fraction of sp³-hybridized carbons (Fsp3) is 0.235. The Morgan fingerprint density at radius 1 is 1.19 bits per heavy atom. The van der Waals surface area contributed by atoms with Gasteiger partial charge in [-0.25, -0.2) is 0 Å². The van der Waals surface area contributed by atoms with Gasteiger partial charge in [0.25, 0.3) is 0 Å². The van der Waals surface area contributed by atoms with Crippen LogP contribution in [0.1, 0.15) is 18.4 Å². The summed E-state index contributed by atoms with van der Waals surface area (Å²) in [6, 6.07) is 10.4. The smallest absolute Gasteiger partial charge is 0.0512 e. The molecule has 2 heterocycles. The van der Waals surface area contributed by atoms with Crippen molar-refractivity contribution in [2.24, 2.45) is 5.73 Å². The monoisotopic (exact) mass is 343 g/mol. The molecule has 3 nitrogen and oxygen atoms in total. The number of fused-ring (bicyclic) bond motifs is 1. The van der Waals surface area contributed by atoms with Crippen LogP contribution in [-0.4, -0.2) is 16.5 Å². The van der Waals surface area contributed by atoms with Gasteiger partial charge in [-0.05, 0) is 61.7 Å². The van der Waals surface area contributed by atoms with E-state index in [-0.39, 0.29) is 0 Å². The maximum Gasteiger partial charge on any atom is 0.0512 e. The normalized spacial score (nSPS) is 11.1. The van der Waals surface area contributed by atoms with Gasteiger partial charge in [0.2, 0.25) is 0 Å². The number of nitrogens with zero attached hydrogens (tertiary/aromatic N) is 1. The number of hydrogen-bond acceptors (Lipinski definition) is 2. The van der Waals surface area contributed by atoms with Gasteiger partial charge in [0, 0.05) is 33.3 Å². The van der Waals surface area contributed by atoms with Gasteiger partial charge in [-0.2, -0.15) is 0 Å². The fourth-order valence-electron chi connectivity index (χ4n) is 2.68. The van der Waals surface area contributed by atoms with E-state index in [1.807, 2.05) is 12.3 Å². The van der Waals surface area contributed by atoms with Crippen LogP contribution in [0.4, 0.5) is 0 Å². The summed E-state index contributed by atoms with van der Waals surface area (Å²) >= 11 is 3.57. The van der Waals surface area contributed by atoms with Crippen molar-refractivity contribution in [1.82, 2.24) is 9.97 Å². The van der Waals surface area contributed by atoms with Crippen molar-refractivity contribution in [3.63, 3.8) is 0 Å². The van der Waals surface area contributed by atoms with E-state index in [9.17, 15) is 0 Å². The molecule has 0 radical (unpaired) electrons. The molecule has 2 aromatic heterocycles. The Hall–Kier alpha value is -1.65. The minimum absolute atomic E-state index is 0.744. The number of hydrogen-bond donors (Lipinski definition) is 2. The van der Waals surface area contributed by atoms with E-state index in [2.05, 4.69) is 50.2 Å². The molecule has 0 saturated heterocycles. The van der Waals surface area contributed by atoms with E-state index in [1.165, 1.54) is 22.2 Å². The molecule has 108 valence electrons. The lowest BCUT2D eigenvalue weighted by atomic mass is 10.0. The van der Waals surface area contributed by atoms with E-state index < -0.39 is 0 Å². The summed E-state index contributed by atoms with van der Waals surface area (Å²) in [6.45, 7) is 0.744. The third kappa shape index (κ3) is 3.01. The Bertz CT molecular complexity index is 734. The highest BCUT2D eigenvalue weighted by Crippen LogP contribution is 2.32. The molecule has 3 aromatic rings. The number of H-pyrrole nitrogens is 1. The number of nitrogens with two attached hydrogens (primary N) is 1. The zero-order chi connectivity index (χ0) is 14.7. The molecule has 1 aromatic carbocycles. The highest BCUT2D eigenvalue weighted by molar-refractivity contribution is 9.10. The summed E-state index contributed by atoms with van der Waals surface area (Å²) < 4.78 is 1.10. The van der Waals surface area contributed by atoms with Crippen molar-refractivity contribution in [3.8, 4) is 11.3 Å². The topological polar surface area (TPSA) is 54.7 Å². The van der Waals surface area contributed by atoms with Crippen molar-refractivity contribution in [3.05, 3.63) is 52.8 Å². The lowest BCUT2D eigenvalue weighted by Crippen LogP contribution is -1.99. The lowest BCUT2D eigenvalue weighted by molar-refractivity contribution is 0.748. The first-order chi connectivity index (χ1) is 10.3. The van der Waals surface area contributed by atoms with Crippen molar-refractivity contribution >= 4 is 26.8 Å². The third-order valence-corrected chi connectivity index (χ3v) is 4.19. The van der Waals surface area contributed by atoms with Crippen molar-refractivity contribution in [2.45, 2.75) is 19.3 Å². The minimum Gasteiger partial charge on any atom is -0.354 e. The Morgan fingerprint density at radius 2 is 2.10 bits per heavy atom. The molecule has 0 saturated carbocycles. The number of aromatic nitrogens is 2. The number of unbranched alkanes of at least 4 members (excludes halogenated alkanes) is 1. The molecule has 0 atom stereocenters. The van der Waals surface area contributed by atoms with E-state index in [0.29, 0.717) is 0 Å². The standard InChI is InChI=1S/C17H18BrN3/c18-13-6-7-16-15(10-13)14(5-1-2-8-19)17(21-16)12-4-3-9-20-11-12/h3-4,6-7,9-11,21H,1-2,5,8,19H2. The van der Waals surface area contributed by atoms with Crippen molar-refractivity contribution < 1.29 is 0 Å². The van der Waals surface area contributed by atoms with Crippen LogP contribution in [0, 0.1) is 0 Å². The van der Waals surface area contributed by atoms with E-state index >= 15 is 0 Å². The molecule has 0 fully saturated rings. The number of nitrogens with one attached hydrogen (secondary N) is 1. The molecule has 0 aliphatic heterocycles. The molecule has 4 heteroatoms. The molecule has 3 N–H and O–H groups in total. The molecule has 21 heavy (non-hydrogen) atoms. The summed E-state index contributed by atoms with van der Waals surface area (Å²) in [5.41, 5.74) is 10.5. The molecule has 3 rings (SSSR count). The van der Waals surface area contributed by atoms with E-state index in [0.717, 1.165) is 35.8 Å². The second kappa shape index (κ2) is 6.41. The van der Waals surface area contributed by atoms with E-state index in [1.54, 1.807) is 6.20 Å². The number of benzene rings is 1. The van der Waals surface area contributed by atoms with Gasteiger partial charge in [-0.1, -0.05) is 15.9 Å². The molecule has 0 bridgehead atoms. The van der Waals surface area contributed by atoms with Crippen LogP contribution in [0.2, 0.25) is 0 Å². The average molecular weight is 344 g/mol. The van der Waals surface area contributed by atoms with Gasteiger partial charge in [-0.15, -0.1) is 0 Å². The van der Waals surface area contributed by atoms with Crippen LogP contribution < -0.4 is 5.73 Å². The summed E-state index contributed by atoms with van der Waals surface area (Å²) in [5, 5.41) is 1.28. The molecule has 0 aliphatic carbocycles. The van der Waals surface area contributed by atoms with Gasteiger partial charge in [0.05, 0.1) is 5.69 Å². The summed E-state index contributed by atoms with van der Waals surface area (Å²) in [7, 11) is 0. The van der Waals surface area contributed by atoms with Crippen LogP contribution in [-0.2, 0) is 6.42 Å². The predicted molar refractivity (Wildman–Crippen MR) is 91.2 cm³/mol. The van der Waals surface area contributed by atoms with Crippen LogP contribution >= 0.6 is 15.9 Å². The summed E-state index contributed by atoms with van der Waals surface area (Å²) in [5.74, 6) is 0. The maximum absolute atomic E-state index is 5.63. The van der Waals surface area contributed by atoms with Crippen molar-refractivity contribution in [2.75, 3.05) is 6.54 Å². The zero-order valence-electron chi connectivity index (χ0n) is 11.8. The number of halogens is 1. The fourth-order valence-corrected chi connectivity index (χ4v) is 3.04. The second-order valence-corrected chi connectivity index (χ2v) is 6.07. The Balaban J connectivity index is 2.11. The van der Waals surface area contributed by atoms with Gasteiger partial charge in [0.1, 0.15) is 0 Å². The quantitative estimate of drug-likeness (QED) is 0.679. The number of aromatic amines is 1. The van der Waals surface area contributed by atoms with Gasteiger partial charge in [-0.3, -0.25) is 4.98 Å². The largest absolute Gasteiger partial charge is 0.354 e. The summed E-state index contributed by atoms with van der Waals surface area (Å²) in [6.07, 6.45) is 6.89. The zero-order valence-corrected chi connectivity index (χ0v) is 13.4. The number of aryl methyl sites for hydroxylation is 1. The maximum atomic E-state index is 5.63. The highest BCUT2D eigenvalue weighted by Gasteiger charge is 2.13.